The molecule has 0 radical (unpaired) electrons. The fourth-order valence-corrected chi connectivity index (χ4v) is 2.84. The molecule has 0 aliphatic heterocycles. The highest BCUT2D eigenvalue weighted by Gasteiger charge is 2.05. The first-order chi connectivity index (χ1) is 13.3. The first-order valence-corrected chi connectivity index (χ1v) is 10.1. The Morgan fingerprint density at radius 2 is 1.50 bits per heavy atom. The number of hydrogen-bond acceptors (Lipinski definition) is 4. The van der Waals surface area contributed by atoms with Gasteiger partial charge in [0.15, 0.2) is 0 Å². The van der Waals surface area contributed by atoms with Gasteiger partial charge in [0.05, 0.1) is 4.90 Å². The zero-order chi connectivity index (χ0) is 20.6. The van der Waals surface area contributed by atoms with E-state index in [4.69, 9.17) is 4.55 Å². The number of aryl methyl sites for hydroxylation is 1. The van der Waals surface area contributed by atoms with E-state index in [1.807, 2.05) is 33.3 Å². The van der Waals surface area contributed by atoms with Crippen LogP contribution >= 0.6 is 0 Å². The summed E-state index contributed by atoms with van der Waals surface area (Å²) in [6.45, 7) is 2.00. The predicted octanol–water partition coefficient (Wildman–Crippen LogP) is 4.56. The molecular formula is C22H24N2O3S. The molecule has 0 aliphatic rings. The molecule has 3 aromatic rings. The molecule has 0 atom stereocenters. The van der Waals surface area contributed by atoms with Crippen molar-refractivity contribution in [1.82, 2.24) is 4.98 Å². The Kier molecular flexibility index (Phi) is 7.49. The van der Waals surface area contributed by atoms with E-state index in [-0.39, 0.29) is 4.90 Å². The lowest BCUT2D eigenvalue weighted by atomic mass is 10.1. The summed E-state index contributed by atoms with van der Waals surface area (Å²) in [6.07, 6.45) is 6.07. The Bertz CT molecular complexity index is 1010. The summed E-state index contributed by atoms with van der Waals surface area (Å²) in [7, 11) is 0.0896. The van der Waals surface area contributed by atoms with Crippen LogP contribution in [0, 0.1) is 6.92 Å². The lowest BCUT2D eigenvalue weighted by Crippen LogP contribution is -2.07. The van der Waals surface area contributed by atoms with Crippen molar-refractivity contribution < 1.29 is 13.0 Å². The molecule has 6 heteroatoms. The van der Waals surface area contributed by atoms with E-state index in [0.29, 0.717) is 0 Å². The second kappa shape index (κ2) is 9.82. The van der Waals surface area contributed by atoms with Gasteiger partial charge in [-0.15, -0.1) is 0 Å². The van der Waals surface area contributed by atoms with Gasteiger partial charge in [0.2, 0.25) is 0 Å². The van der Waals surface area contributed by atoms with Gasteiger partial charge in [0, 0.05) is 31.7 Å². The van der Waals surface area contributed by atoms with Crippen LogP contribution in [-0.2, 0) is 10.1 Å². The Hall–Kier alpha value is -2.96. The van der Waals surface area contributed by atoms with Crippen LogP contribution in [0.2, 0.25) is 0 Å². The van der Waals surface area contributed by atoms with Crippen LogP contribution < -0.4 is 4.90 Å². The van der Waals surface area contributed by atoms with E-state index in [2.05, 4.69) is 52.4 Å². The molecule has 0 fully saturated rings. The predicted molar refractivity (Wildman–Crippen MR) is 115 cm³/mol. The number of pyridine rings is 1. The maximum absolute atomic E-state index is 10.4. The third-order valence-corrected chi connectivity index (χ3v) is 4.71. The minimum atomic E-state index is -4.00. The molecular weight excluding hydrogens is 372 g/mol. The molecule has 1 N–H and O–H groups in total. The summed E-state index contributed by atoms with van der Waals surface area (Å²) in [4.78, 5) is 6.21. The minimum Gasteiger partial charge on any atom is -0.378 e. The summed E-state index contributed by atoms with van der Waals surface area (Å²) < 4.78 is 29.2. The highest BCUT2D eigenvalue weighted by molar-refractivity contribution is 7.85. The maximum atomic E-state index is 10.4. The molecule has 2 aromatic carbocycles. The van der Waals surface area contributed by atoms with Gasteiger partial charge in [-0.1, -0.05) is 42.5 Å². The average molecular weight is 397 g/mol. The highest BCUT2D eigenvalue weighted by atomic mass is 32.2. The lowest BCUT2D eigenvalue weighted by Gasteiger charge is -2.11. The van der Waals surface area contributed by atoms with E-state index in [0.717, 1.165) is 5.69 Å². The third-order valence-electron chi connectivity index (χ3n) is 3.84. The minimum absolute atomic E-state index is 0.0741. The molecule has 3 rings (SSSR count). The third kappa shape index (κ3) is 6.98. The van der Waals surface area contributed by atoms with Gasteiger partial charge < -0.3 is 4.90 Å². The second-order valence-electron chi connectivity index (χ2n) is 6.34. The normalized spacial score (nSPS) is 11.0. The number of rotatable bonds is 4. The molecule has 0 unspecified atom stereocenters. The summed E-state index contributed by atoms with van der Waals surface area (Å²) in [5.41, 5.74) is 4.64. The van der Waals surface area contributed by atoms with Crippen molar-refractivity contribution in [3.05, 3.63) is 89.7 Å². The van der Waals surface area contributed by atoms with Crippen molar-refractivity contribution in [2.75, 3.05) is 19.0 Å². The fourth-order valence-electron chi connectivity index (χ4n) is 2.34. The van der Waals surface area contributed by atoms with E-state index >= 15 is 0 Å². The topological polar surface area (TPSA) is 70.5 Å². The molecule has 146 valence electrons. The van der Waals surface area contributed by atoms with Gasteiger partial charge in [-0.25, -0.2) is 0 Å². The zero-order valence-corrected chi connectivity index (χ0v) is 17.0. The Labute approximate surface area is 166 Å². The quantitative estimate of drug-likeness (QED) is 0.655. The Morgan fingerprint density at radius 1 is 0.893 bits per heavy atom. The van der Waals surface area contributed by atoms with Crippen LogP contribution in [0.5, 0.6) is 0 Å². The fraction of sp³-hybridized carbons (Fsp3) is 0.136. The van der Waals surface area contributed by atoms with Crippen LogP contribution in [0.4, 0.5) is 5.69 Å². The van der Waals surface area contributed by atoms with Gasteiger partial charge in [-0.3, -0.25) is 9.54 Å². The van der Waals surface area contributed by atoms with Crippen molar-refractivity contribution in [3.8, 4) is 0 Å². The molecule has 0 saturated carbocycles. The maximum Gasteiger partial charge on any atom is 0.294 e. The van der Waals surface area contributed by atoms with Crippen LogP contribution in [0.15, 0.2) is 77.8 Å². The number of hydrogen-bond donors (Lipinski definition) is 1. The van der Waals surface area contributed by atoms with E-state index < -0.39 is 10.1 Å². The molecule has 0 amide bonds. The first kappa shape index (κ1) is 21.3. The van der Waals surface area contributed by atoms with Gasteiger partial charge in [-0.05, 0) is 54.4 Å². The van der Waals surface area contributed by atoms with Crippen LogP contribution in [-0.4, -0.2) is 32.0 Å². The van der Waals surface area contributed by atoms with Gasteiger partial charge in [0.25, 0.3) is 10.1 Å². The summed E-state index contributed by atoms with van der Waals surface area (Å²) in [6, 6.07) is 20.0. The van der Waals surface area contributed by atoms with Crippen LogP contribution in [0.3, 0.4) is 0 Å². The van der Waals surface area contributed by atoms with Gasteiger partial charge >= 0.3 is 0 Å². The zero-order valence-electron chi connectivity index (χ0n) is 16.1. The van der Waals surface area contributed by atoms with Crippen molar-refractivity contribution in [2.45, 2.75) is 11.8 Å². The monoisotopic (exact) mass is 396 g/mol. The van der Waals surface area contributed by atoms with Gasteiger partial charge in [0.1, 0.15) is 0 Å². The lowest BCUT2D eigenvalue weighted by molar-refractivity contribution is 0.483. The molecule has 1 heterocycles. The van der Waals surface area contributed by atoms with Crippen molar-refractivity contribution in [2.24, 2.45) is 0 Å². The second-order valence-corrected chi connectivity index (χ2v) is 7.76. The molecule has 1 aromatic heterocycles. The molecule has 0 aliphatic carbocycles. The van der Waals surface area contributed by atoms with Crippen LogP contribution in [0.1, 0.15) is 16.8 Å². The molecule has 0 saturated heterocycles. The first-order valence-electron chi connectivity index (χ1n) is 8.66. The molecule has 28 heavy (non-hydrogen) atoms. The number of anilines is 1. The Morgan fingerprint density at radius 3 is 2.00 bits per heavy atom. The number of aromatic nitrogens is 1. The summed E-state index contributed by atoms with van der Waals surface area (Å²) in [5.74, 6) is 0. The average Bonchev–Trinajstić information content (AvgIpc) is 2.67. The van der Waals surface area contributed by atoms with Crippen molar-refractivity contribution >= 4 is 28.0 Å². The molecule has 0 spiro atoms. The smallest absolute Gasteiger partial charge is 0.294 e. The number of benzene rings is 2. The number of nitrogens with zero attached hydrogens (tertiary/aromatic N) is 2. The SMILES string of the molecule is Cc1cc(C=Cc2ccc(N(C)C)cc2)ccn1.O=S(=O)(O)c1ccccc1. The molecule has 5 nitrogen and oxygen atoms in total. The van der Waals surface area contributed by atoms with E-state index in [9.17, 15) is 8.42 Å². The van der Waals surface area contributed by atoms with E-state index in [1.54, 1.807) is 18.2 Å². The van der Waals surface area contributed by atoms with Crippen molar-refractivity contribution in [1.29, 1.82) is 0 Å². The van der Waals surface area contributed by atoms with E-state index in [1.165, 1.54) is 28.9 Å². The van der Waals surface area contributed by atoms with Crippen LogP contribution in [0.25, 0.3) is 12.2 Å². The highest BCUT2D eigenvalue weighted by Crippen LogP contribution is 2.14. The summed E-state index contributed by atoms with van der Waals surface area (Å²) >= 11 is 0. The summed E-state index contributed by atoms with van der Waals surface area (Å²) in [5, 5.41) is 0. The standard InChI is InChI=1S/C16H18N2.C6H6O3S/c1-13-12-15(10-11-17-13)5-4-14-6-8-16(9-7-14)18(2)3;7-10(8,9)6-4-2-1-3-5-6/h4-12H,1-3H3;1-5H,(H,7,8,9). The van der Waals surface area contributed by atoms with Crippen molar-refractivity contribution in [3.63, 3.8) is 0 Å². The van der Waals surface area contributed by atoms with Gasteiger partial charge in [-0.2, -0.15) is 8.42 Å². The Balaban J connectivity index is 0.000000237. The molecule has 0 bridgehead atoms. The largest absolute Gasteiger partial charge is 0.378 e.